The molecule has 0 saturated carbocycles. The number of halogens is 2. The van der Waals surface area contributed by atoms with E-state index >= 15 is 0 Å². The van der Waals surface area contributed by atoms with Gasteiger partial charge in [-0.25, -0.2) is 21.9 Å². The molecule has 0 spiro atoms. The number of alkyl halides is 2. The minimum atomic E-state index is -3.63. The van der Waals surface area contributed by atoms with E-state index in [0.29, 0.717) is 12.8 Å². The molecule has 0 fully saturated rings. The zero-order valence-corrected chi connectivity index (χ0v) is 8.78. The number of sulfonamides is 1. The predicted octanol–water partition coefficient (Wildman–Crippen LogP) is 0.334. The molecule has 0 rings (SSSR count). The molecule has 14 heavy (non-hydrogen) atoms. The molecule has 2 N–H and O–H groups in total. The summed E-state index contributed by atoms with van der Waals surface area (Å²) in [5.41, 5.74) is 0. The monoisotopic (exact) mass is 231 g/mol. The first-order valence-electron chi connectivity index (χ1n) is 4.29. The van der Waals surface area contributed by atoms with E-state index in [1.165, 1.54) is 0 Å². The summed E-state index contributed by atoms with van der Waals surface area (Å²) in [5, 5.41) is 8.18. The van der Waals surface area contributed by atoms with Crippen molar-refractivity contribution in [2.45, 2.75) is 25.7 Å². The Morgan fingerprint density at radius 3 is 2.43 bits per heavy atom. The van der Waals surface area contributed by atoms with Crippen molar-refractivity contribution in [2.75, 3.05) is 18.9 Å². The highest BCUT2D eigenvalue weighted by Gasteiger charge is 2.29. The van der Waals surface area contributed by atoms with Crippen LogP contribution in [0.3, 0.4) is 0 Å². The quantitative estimate of drug-likeness (QED) is 0.663. The molecule has 0 aliphatic carbocycles. The third kappa shape index (κ3) is 6.22. The molecule has 0 unspecified atom stereocenters. The molecule has 0 amide bonds. The SMILES string of the molecule is CCCCS(=O)(=O)NCC(F)(F)CO. The third-order valence-electron chi connectivity index (χ3n) is 1.55. The summed E-state index contributed by atoms with van der Waals surface area (Å²) >= 11 is 0. The molecular formula is C7H15F2NO3S. The van der Waals surface area contributed by atoms with E-state index < -0.39 is 29.1 Å². The number of nitrogens with one attached hydrogen (secondary N) is 1. The number of hydrogen-bond acceptors (Lipinski definition) is 3. The summed E-state index contributed by atoms with van der Waals surface area (Å²) in [6, 6.07) is 0. The first-order chi connectivity index (χ1) is 6.33. The average Bonchev–Trinajstić information content (AvgIpc) is 2.12. The Hall–Kier alpha value is -0.270. The Morgan fingerprint density at radius 2 is 2.00 bits per heavy atom. The maximum absolute atomic E-state index is 12.4. The van der Waals surface area contributed by atoms with Gasteiger partial charge < -0.3 is 5.11 Å². The summed E-state index contributed by atoms with van der Waals surface area (Å²) in [6.45, 7) is -0.601. The molecule has 0 aromatic heterocycles. The van der Waals surface area contributed by atoms with Gasteiger partial charge >= 0.3 is 0 Å². The minimum absolute atomic E-state index is 0.162. The Morgan fingerprint density at radius 1 is 1.43 bits per heavy atom. The van der Waals surface area contributed by atoms with Gasteiger partial charge in [-0.05, 0) is 6.42 Å². The highest BCUT2D eigenvalue weighted by atomic mass is 32.2. The smallest absolute Gasteiger partial charge is 0.283 e. The lowest BCUT2D eigenvalue weighted by Gasteiger charge is -2.13. The lowest BCUT2D eigenvalue weighted by atomic mass is 10.4. The highest BCUT2D eigenvalue weighted by molar-refractivity contribution is 7.89. The molecule has 4 nitrogen and oxygen atoms in total. The second-order valence-electron chi connectivity index (χ2n) is 3.01. The minimum Gasteiger partial charge on any atom is -0.390 e. The fourth-order valence-electron chi connectivity index (χ4n) is 0.678. The van der Waals surface area contributed by atoms with Gasteiger partial charge in [0.25, 0.3) is 5.92 Å². The van der Waals surface area contributed by atoms with Crippen LogP contribution in [-0.2, 0) is 10.0 Å². The van der Waals surface area contributed by atoms with Crippen LogP contribution in [0.25, 0.3) is 0 Å². The topological polar surface area (TPSA) is 66.4 Å². The van der Waals surface area contributed by atoms with Crippen molar-refractivity contribution in [3.63, 3.8) is 0 Å². The molecule has 0 aromatic carbocycles. The lowest BCUT2D eigenvalue weighted by molar-refractivity contribution is -0.0437. The second-order valence-corrected chi connectivity index (χ2v) is 4.93. The van der Waals surface area contributed by atoms with Gasteiger partial charge in [-0.2, -0.15) is 0 Å². The molecule has 0 aliphatic rings. The zero-order chi connectivity index (χ0) is 11.2. The molecule has 0 saturated heterocycles. The Labute approximate surface area is 82.4 Å². The normalized spacial score (nSPS) is 13.1. The van der Waals surface area contributed by atoms with Gasteiger partial charge in [0.2, 0.25) is 10.0 Å². The standard InChI is InChI=1S/C7H15F2NO3S/c1-2-3-4-14(12,13)10-5-7(8,9)6-11/h10-11H,2-6H2,1H3. The van der Waals surface area contributed by atoms with E-state index in [9.17, 15) is 17.2 Å². The van der Waals surface area contributed by atoms with Gasteiger partial charge in [0, 0.05) is 0 Å². The van der Waals surface area contributed by atoms with Crippen LogP contribution >= 0.6 is 0 Å². The van der Waals surface area contributed by atoms with Crippen molar-refractivity contribution >= 4 is 10.0 Å². The number of aliphatic hydroxyl groups is 1. The molecule has 86 valence electrons. The highest BCUT2D eigenvalue weighted by Crippen LogP contribution is 2.10. The predicted molar refractivity (Wildman–Crippen MR) is 48.7 cm³/mol. The van der Waals surface area contributed by atoms with Crippen molar-refractivity contribution in [1.29, 1.82) is 0 Å². The van der Waals surface area contributed by atoms with Gasteiger partial charge in [0.05, 0.1) is 12.3 Å². The Balaban J connectivity index is 4.00. The number of aliphatic hydroxyl groups excluding tert-OH is 1. The maximum atomic E-state index is 12.4. The zero-order valence-electron chi connectivity index (χ0n) is 7.96. The molecule has 0 heterocycles. The van der Waals surface area contributed by atoms with E-state index in [1.54, 1.807) is 11.6 Å². The van der Waals surface area contributed by atoms with E-state index in [1.807, 2.05) is 0 Å². The van der Waals surface area contributed by atoms with Gasteiger partial charge in [0.1, 0.15) is 6.61 Å². The van der Waals surface area contributed by atoms with Crippen molar-refractivity contribution < 1.29 is 22.3 Å². The van der Waals surface area contributed by atoms with Gasteiger partial charge in [-0.15, -0.1) is 0 Å². The van der Waals surface area contributed by atoms with Crippen LogP contribution < -0.4 is 4.72 Å². The Bertz CT molecular complexity index is 254. The van der Waals surface area contributed by atoms with Crippen molar-refractivity contribution in [3.05, 3.63) is 0 Å². The molecule has 0 bridgehead atoms. The van der Waals surface area contributed by atoms with Crippen LogP contribution in [0.15, 0.2) is 0 Å². The van der Waals surface area contributed by atoms with E-state index in [2.05, 4.69) is 0 Å². The third-order valence-corrected chi connectivity index (χ3v) is 2.96. The van der Waals surface area contributed by atoms with Gasteiger partial charge in [-0.3, -0.25) is 0 Å². The fraction of sp³-hybridized carbons (Fsp3) is 1.00. The Kier molecular flexibility index (Phi) is 5.46. The average molecular weight is 231 g/mol. The second kappa shape index (κ2) is 5.57. The van der Waals surface area contributed by atoms with E-state index in [-0.39, 0.29) is 5.75 Å². The molecule has 7 heteroatoms. The van der Waals surface area contributed by atoms with Crippen molar-refractivity contribution in [2.24, 2.45) is 0 Å². The number of rotatable bonds is 7. The van der Waals surface area contributed by atoms with Gasteiger partial charge in [-0.1, -0.05) is 13.3 Å². The molecule has 0 atom stereocenters. The maximum Gasteiger partial charge on any atom is 0.283 e. The van der Waals surface area contributed by atoms with Gasteiger partial charge in [0.15, 0.2) is 0 Å². The summed E-state index contributed by atoms with van der Waals surface area (Å²) in [5.74, 6) is -3.55. The summed E-state index contributed by atoms with van der Waals surface area (Å²) in [7, 11) is -3.63. The van der Waals surface area contributed by atoms with Crippen LogP contribution in [-0.4, -0.2) is 38.4 Å². The molecule has 0 radical (unpaired) electrons. The summed E-state index contributed by atoms with van der Waals surface area (Å²) < 4.78 is 48.7. The molecule has 0 aromatic rings. The van der Waals surface area contributed by atoms with Crippen LogP contribution in [0.5, 0.6) is 0 Å². The first kappa shape index (κ1) is 13.7. The van der Waals surface area contributed by atoms with Crippen molar-refractivity contribution in [1.82, 2.24) is 4.72 Å². The number of unbranched alkanes of at least 4 members (excludes halogenated alkanes) is 1. The summed E-state index contributed by atoms with van der Waals surface area (Å²) in [6.07, 6.45) is 1.11. The van der Waals surface area contributed by atoms with Crippen LogP contribution in [0, 0.1) is 0 Å². The lowest BCUT2D eigenvalue weighted by Crippen LogP contribution is -2.39. The first-order valence-corrected chi connectivity index (χ1v) is 5.94. The van der Waals surface area contributed by atoms with Crippen molar-refractivity contribution in [3.8, 4) is 0 Å². The van der Waals surface area contributed by atoms with E-state index in [0.717, 1.165) is 0 Å². The molecule has 0 aliphatic heterocycles. The molecular weight excluding hydrogens is 216 g/mol. The van der Waals surface area contributed by atoms with Crippen LogP contribution in [0.4, 0.5) is 8.78 Å². The summed E-state index contributed by atoms with van der Waals surface area (Å²) in [4.78, 5) is 0. The largest absolute Gasteiger partial charge is 0.390 e. The van der Waals surface area contributed by atoms with E-state index in [4.69, 9.17) is 5.11 Å². The fourth-order valence-corrected chi connectivity index (χ4v) is 1.92. The number of hydrogen-bond donors (Lipinski definition) is 2. The van der Waals surface area contributed by atoms with Crippen LogP contribution in [0.2, 0.25) is 0 Å². The van der Waals surface area contributed by atoms with Crippen LogP contribution in [0.1, 0.15) is 19.8 Å².